The molecule has 1 N–H and O–H groups in total. The quantitative estimate of drug-likeness (QED) is 0.703. The first-order valence-electron chi connectivity index (χ1n) is 7.92. The highest BCUT2D eigenvalue weighted by atomic mass is 32.2. The number of nitrogens with one attached hydrogen (secondary N) is 1. The number of hydrogen-bond acceptors (Lipinski definition) is 6. The minimum Gasteiger partial charge on any atom is -0.378 e. The summed E-state index contributed by atoms with van der Waals surface area (Å²) in [7, 11) is 0. The fraction of sp³-hybridized carbons (Fsp3) is 0.733. The summed E-state index contributed by atoms with van der Waals surface area (Å²) in [5, 5.41) is 3.03. The van der Waals surface area contributed by atoms with Gasteiger partial charge in [0.05, 0.1) is 6.61 Å². The standard InChI is InChI=1S/C15H25N3O3S/c1-3-5-6-9-20-10-14-21-13(11-22-14)18-8-7-12(16-4-2)17-15(18)19/h7-8,13-14H,3-6,9-11H2,1-2H3,(H,16,17,19)/t13-,14+/m1/s1. The predicted octanol–water partition coefficient (Wildman–Crippen LogP) is 2.47. The number of aromatic nitrogens is 2. The Kier molecular flexibility index (Phi) is 7.21. The topological polar surface area (TPSA) is 65.4 Å². The Morgan fingerprint density at radius 1 is 1.50 bits per heavy atom. The third kappa shape index (κ3) is 5.00. The molecule has 1 aliphatic heterocycles. The Labute approximate surface area is 135 Å². The molecular formula is C15H25N3O3S. The van der Waals surface area contributed by atoms with E-state index in [-0.39, 0.29) is 17.4 Å². The van der Waals surface area contributed by atoms with Crippen LogP contribution in [-0.4, -0.2) is 40.5 Å². The lowest BCUT2D eigenvalue weighted by atomic mass is 10.3. The molecule has 0 saturated carbocycles. The Bertz CT molecular complexity index is 509. The number of anilines is 1. The van der Waals surface area contributed by atoms with E-state index in [2.05, 4.69) is 17.2 Å². The SMILES string of the molecule is CCCCCOC[C@H]1O[C@@H](n2ccc(NCC)nc2=O)CS1. The van der Waals surface area contributed by atoms with Gasteiger partial charge in [0.15, 0.2) is 0 Å². The second-order valence-electron chi connectivity index (χ2n) is 5.17. The van der Waals surface area contributed by atoms with Crippen LogP contribution < -0.4 is 11.0 Å². The number of rotatable bonds is 9. The van der Waals surface area contributed by atoms with E-state index in [1.807, 2.05) is 6.92 Å². The van der Waals surface area contributed by atoms with E-state index < -0.39 is 0 Å². The summed E-state index contributed by atoms with van der Waals surface area (Å²) in [6, 6.07) is 1.80. The molecule has 0 bridgehead atoms. The molecule has 1 aliphatic rings. The maximum absolute atomic E-state index is 12.0. The van der Waals surface area contributed by atoms with Gasteiger partial charge in [-0.2, -0.15) is 4.98 Å². The number of nitrogens with zero attached hydrogens (tertiary/aromatic N) is 2. The minimum atomic E-state index is -0.284. The number of unbranched alkanes of at least 4 members (excludes halogenated alkanes) is 2. The molecule has 1 aromatic heterocycles. The first kappa shape index (κ1) is 17.3. The maximum atomic E-state index is 12.0. The van der Waals surface area contributed by atoms with Crippen molar-refractivity contribution in [1.82, 2.24) is 9.55 Å². The molecule has 0 spiro atoms. The van der Waals surface area contributed by atoms with Crippen LogP contribution in [0.15, 0.2) is 17.1 Å². The minimum absolute atomic E-state index is 0.00744. The monoisotopic (exact) mass is 327 g/mol. The molecule has 2 heterocycles. The molecular weight excluding hydrogens is 302 g/mol. The van der Waals surface area contributed by atoms with Crippen LogP contribution in [0, 0.1) is 0 Å². The molecule has 0 radical (unpaired) electrons. The summed E-state index contributed by atoms with van der Waals surface area (Å²) >= 11 is 1.68. The highest BCUT2D eigenvalue weighted by Gasteiger charge is 2.28. The maximum Gasteiger partial charge on any atom is 0.351 e. The molecule has 0 aliphatic carbocycles. The van der Waals surface area contributed by atoms with Crippen LogP contribution in [0.5, 0.6) is 0 Å². The van der Waals surface area contributed by atoms with Crippen molar-refractivity contribution >= 4 is 17.6 Å². The van der Waals surface area contributed by atoms with Crippen molar-refractivity contribution in [1.29, 1.82) is 0 Å². The fourth-order valence-corrected chi connectivity index (χ4v) is 3.24. The van der Waals surface area contributed by atoms with Crippen molar-refractivity contribution in [2.24, 2.45) is 0 Å². The van der Waals surface area contributed by atoms with Gasteiger partial charge in [-0.05, 0) is 19.4 Å². The first-order valence-corrected chi connectivity index (χ1v) is 8.97. The van der Waals surface area contributed by atoms with Gasteiger partial charge in [-0.25, -0.2) is 4.79 Å². The van der Waals surface area contributed by atoms with E-state index in [0.29, 0.717) is 12.4 Å². The zero-order chi connectivity index (χ0) is 15.8. The number of ether oxygens (including phenoxy) is 2. The molecule has 124 valence electrons. The lowest BCUT2D eigenvalue weighted by molar-refractivity contribution is -0.0251. The van der Waals surface area contributed by atoms with Gasteiger partial charge in [0.25, 0.3) is 0 Å². The van der Waals surface area contributed by atoms with Gasteiger partial charge in [0.2, 0.25) is 0 Å². The third-order valence-electron chi connectivity index (χ3n) is 3.38. The summed E-state index contributed by atoms with van der Waals surface area (Å²) in [4.78, 5) is 16.0. The van der Waals surface area contributed by atoms with Crippen LogP contribution in [0.3, 0.4) is 0 Å². The van der Waals surface area contributed by atoms with Crippen molar-refractivity contribution in [3.8, 4) is 0 Å². The van der Waals surface area contributed by atoms with Gasteiger partial charge in [0.1, 0.15) is 17.5 Å². The van der Waals surface area contributed by atoms with E-state index in [1.54, 1.807) is 28.6 Å². The molecule has 22 heavy (non-hydrogen) atoms. The van der Waals surface area contributed by atoms with Crippen molar-refractivity contribution < 1.29 is 9.47 Å². The van der Waals surface area contributed by atoms with E-state index in [9.17, 15) is 4.79 Å². The van der Waals surface area contributed by atoms with Gasteiger partial charge in [-0.15, -0.1) is 11.8 Å². The Morgan fingerprint density at radius 2 is 2.36 bits per heavy atom. The molecule has 6 nitrogen and oxygen atoms in total. The van der Waals surface area contributed by atoms with Crippen molar-refractivity contribution in [2.45, 2.75) is 44.8 Å². The van der Waals surface area contributed by atoms with Crippen LogP contribution in [0.2, 0.25) is 0 Å². The van der Waals surface area contributed by atoms with Gasteiger partial charge in [0, 0.05) is 25.1 Å². The molecule has 1 aromatic rings. The zero-order valence-corrected chi connectivity index (χ0v) is 14.1. The smallest absolute Gasteiger partial charge is 0.351 e. The molecule has 2 atom stereocenters. The van der Waals surface area contributed by atoms with E-state index in [1.165, 1.54) is 12.8 Å². The van der Waals surface area contributed by atoms with Crippen LogP contribution in [0.1, 0.15) is 39.3 Å². The van der Waals surface area contributed by atoms with Crippen LogP contribution in [0.25, 0.3) is 0 Å². The van der Waals surface area contributed by atoms with Crippen LogP contribution >= 0.6 is 11.8 Å². The highest BCUT2D eigenvalue weighted by molar-refractivity contribution is 8.00. The van der Waals surface area contributed by atoms with Gasteiger partial charge < -0.3 is 14.8 Å². The average molecular weight is 327 g/mol. The van der Waals surface area contributed by atoms with E-state index in [0.717, 1.165) is 25.3 Å². The van der Waals surface area contributed by atoms with E-state index >= 15 is 0 Å². The third-order valence-corrected chi connectivity index (χ3v) is 4.47. The van der Waals surface area contributed by atoms with Crippen molar-refractivity contribution in [3.63, 3.8) is 0 Å². The first-order chi connectivity index (χ1) is 10.7. The largest absolute Gasteiger partial charge is 0.378 e. The molecule has 7 heteroatoms. The Hall–Kier alpha value is -1.05. The highest BCUT2D eigenvalue weighted by Crippen LogP contribution is 2.31. The summed E-state index contributed by atoms with van der Waals surface area (Å²) in [6.45, 7) is 6.23. The van der Waals surface area contributed by atoms with Crippen molar-refractivity contribution in [3.05, 3.63) is 22.7 Å². The molecule has 0 aromatic carbocycles. The lowest BCUT2D eigenvalue weighted by Crippen LogP contribution is -2.29. The second kappa shape index (κ2) is 9.17. The summed E-state index contributed by atoms with van der Waals surface area (Å²) < 4.78 is 13.0. The fourth-order valence-electron chi connectivity index (χ4n) is 2.22. The van der Waals surface area contributed by atoms with Crippen LogP contribution in [0.4, 0.5) is 5.82 Å². The Balaban J connectivity index is 1.81. The second-order valence-corrected chi connectivity index (χ2v) is 6.36. The van der Waals surface area contributed by atoms with Gasteiger partial charge >= 0.3 is 5.69 Å². The van der Waals surface area contributed by atoms with E-state index in [4.69, 9.17) is 9.47 Å². The Morgan fingerprint density at radius 3 is 3.09 bits per heavy atom. The molecule has 0 amide bonds. The van der Waals surface area contributed by atoms with Gasteiger partial charge in [-0.3, -0.25) is 4.57 Å². The van der Waals surface area contributed by atoms with Crippen LogP contribution in [-0.2, 0) is 9.47 Å². The molecule has 2 rings (SSSR count). The molecule has 1 fully saturated rings. The predicted molar refractivity (Wildman–Crippen MR) is 89.4 cm³/mol. The molecule has 0 unspecified atom stereocenters. The normalized spacial score (nSPS) is 21.2. The number of thioether (sulfide) groups is 1. The zero-order valence-electron chi connectivity index (χ0n) is 13.3. The van der Waals surface area contributed by atoms with Gasteiger partial charge in [-0.1, -0.05) is 19.8 Å². The molecule has 1 saturated heterocycles. The summed E-state index contributed by atoms with van der Waals surface area (Å²) in [5.41, 5.74) is -0.291. The lowest BCUT2D eigenvalue weighted by Gasteiger charge is -2.15. The number of hydrogen-bond donors (Lipinski definition) is 1. The average Bonchev–Trinajstić information content (AvgIpc) is 2.96. The summed E-state index contributed by atoms with van der Waals surface area (Å²) in [5.74, 6) is 1.34. The summed E-state index contributed by atoms with van der Waals surface area (Å²) in [6.07, 6.45) is 4.96. The van der Waals surface area contributed by atoms with Crippen molar-refractivity contribution in [2.75, 3.05) is 30.8 Å².